The lowest BCUT2D eigenvalue weighted by Crippen LogP contribution is -2.49. The Kier molecular flexibility index (Phi) is 6.64. The molecule has 2 atom stereocenters. The molecule has 0 spiro atoms. The molecule has 1 heterocycles. The summed E-state index contributed by atoms with van der Waals surface area (Å²) in [5, 5.41) is 0.591. The minimum Gasteiger partial charge on any atom is -0.377 e. The molecule has 0 N–H and O–H groups in total. The van der Waals surface area contributed by atoms with Crippen LogP contribution in [0.5, 0.6) is 0 Å². The summed E-state index contributed by atoms with van der Waals surface area (Å²) < 4.78 is 19.5. The van der Waals surface area contributed by atoms with E-state index in [0.29, 0.717) is 10.8 Å². The first-order chi connectivity index (χ1) is 11.7. The smallest absolute Gasteiger partial charge is 0.377 e. The minimum atomic E-state index is -2.53. The van der Waals surface area contributed by atoms with Gasteiger partial charge in [-0.05, 0) is 42.2 Å². The van der Waals surface area contributed by atoms with Crippen molar-refractivity contribution in [2.24, 2.45) is 0 Å². The average Bonchev–Trinajstić information content (AvgIpc) is 3.05. The van der Waals surface area contributed by atoms with Crippen molar-refractivity contribution in [1.82, 2.24) is 4.98 Å². The van der Waals surface area contributed by atoms with Crippen LogP contribution in [0.2, 0.25) is 5.54 Å². The van der Waals surface area contributed by atoms with E-state index in [0.717, 1.165) is 22.7 Å². The van der Waals surface area contributed by atoms with Gasteiger partial charge in [0.15, 0.2) is 4.34 Å². The summed E-state index contributed by atoms with van der Waals surface area (Å²) in [6, 6.07) is 8.32. The third kappa shape index (κ3) is 4.00. The normalized spacial score (nSPS) is 22.1. The molecular weight excluding hydrogens is 378 g/mol. The van der Waals surface area contributed by atoms with E-state index in [1.165, 1.54) is 17.5 Å². The van der Waals surface area contributed by atoms with E-state index >= 15 is 0 Å². The molecule has 4 nitrogen and oxygen atoms in total. The van der Waals surface area contributed by atoms with Gasteiger partial charge in [0.05, 0.1) is 10.2 Å². The Hall–Kier alpha value is -0.0931. The number of fused-ring (bicyclic) bond motifs is 1. The molecule has 0 bridgehead atoms. The minimum absolute atomic E-state index is 0.389. The summed E-state index contributed by atoms with van der Waals surface area (Å²) in [5.74, 6) is 0. The Balaban J connectivity index is 1.61. The highest BCUT2D eigenvalue weighted by Gasteiger charge is 2.48. The number of nitrogens with zero attached hydrogens (tertiary/aromatic N) is 1. The maximum atomic E-state index is 5.69. The molecule has 0 aliphatic heterocycles. The van der Waals surface area contributed by atoms with Crippen LogP contribution in [0.4, 0.5) is 0 Å². The highest BCUT2D eigenvalue weighted by molar-refractivity contribution is 8.77. The van der Waals surface area contributed by atoms with Gasteiger partial charge in [-0.15, -0.1) is 11.3 Å². The van der Waals surface area contributed by atoms with Crippen LogP contribution in [-0.4, -0.2) is 40.4 Å². The Morgan fingerprint density at radius 2 is 1.88 bits per heavy atom. The lowest BCUT2D eigenvalue weighted by Gasteiger charge is -2.37. The van der Waals surface area contributed by atoms with Crippen molar-refractivity contribution in [1.29, 1.82) is 0 Å². The van der Waals surface area contributed by atoms with Crippen LogP contribution in [0.25, 0.3) is 10.2 Å². The van der Waals surface area contributed by atoms with E-state index < -0.39 is 8.80 Å². The van der Waals surface area contributed by atoms with Gasteiger partial charge in [-0.25, -0.2) is 4.98 Å². The highest BCUT2D eigenvalue weighted by atomic mass is 33.1. The van der Waals surface area contributed by atoms with Gasteiger partial charge in [0, 0.05) is 32.1 Å². The molecule has 1 saturated carbocycles. The molecule has 0 saturated heterocycles. The number of thiazole rings is 1. The van der Waals surface area contributed by atoms with E-state index in [9.17, 15) is 0 Å². The fourth-order valence-electron chi connectivity index (χ4n) is 3.30. The van der Waals surface area contributed by atoms with Crippen LogP contribution in [0, 0.1) is 0 Å². The van der Waals surface area contributed by atoms with E-state index in [1.807, 2.05) is 16.9 Å². The van der Waals surface area contributed by atoms with Crippen molar-refractivity contribution < 1.29 is 13.3 Å². The molecule has 3 rings (SSSR count). The van der Waals surface area contributed by atoms with Crippen LogP contribution in [0.3, 0.4) is 0 Å². The number of para-hydroxylation sites is 1. The van der Waals surface area contributed by atoms with Crippen molar-refractivity contribution in [3.8, 4) is 0 Å². The number of benzene rings is 1. The molecule has 132 valence electrons. The van der Waals surface area contributed by atoms with Crippen molar-refractivity contribution in [2.45, 2.75) is 40.8 Å². The van der Waals surface area contributed by atoms with Gasteiger partial charge in [0.25, 0.3) is 0 Å². The van der Waals surface area contributed by atoms with E-state index in [1.54, 1.807) is 43.5 Å². The van der Waals surface area contributed by atoms with E-state index in [-0.39, 0.29) is 0 Å². The maximum Gasteiger partial charge on any atom is 0.503 e. The quantitative estimate of drug-likeness (QED) is 0.467. The zero-order chi connectivity index (χ0) is 17.0. The van der Waals surface area contributed by atoms with Crippen LogP contribution in [0.1, 0.15) is 25.7 Å². The van der Waals surface area contributed by atoms with Crippen molar-refractivity contribution in [2.75, 3.05) is 21.3 Å². The lowest BCUT2D eigenvalue weighted by atomic mass is 9.99. The second kappa shape index (κ2) is 8.53. The zero-order valence-corrected chi connectivity index (χ0v) is 17.6. The topological polar surface area (TPSA) is 40.6 Å². The summed E-state index contributed by atoms with van der Waals surface area (Å²) in [5.41, 5.74) is 1.48. The van der Waals surface area contributed by atoms with Crippen LogP contribution in [-0.2, 0) is 13.3 Å². The van der Waals surface area contributed by atoms with Gasteiger partial charge >= 0.3 is 8.80 Å². The summed E-state index contributed by atoms with van der Waals surface area (Å²) in [7, 11) is 6.36. The van der Waals surface area contributed by atoms with Crippen LogP contribution >= 0.6 is 32.9 Å². The van der Waals surface area contributed by atoms with Crippen LogP contribution < -0.4 is 0 Å². The van der Waals surface area contributed by atoms with Gasteiger partial charge in [0.2, 0.25) is 0 Å². The molecule has 0 amide bonds. The summed E-state index contributed by atoms with van der Waals surface area (Å²) in [6.45, 7) is 0. The van der Waals surface area contributed by atoms with Crippen molar-refractivity contribution in [3.05, 3.63) is 24.3 Å². The number of aromatic nitrogens is 1. The lowest BCUT2D eigenvalue weighted by molar-refractivity contribution is 0.105. The van der Waals surface area contributed by atoms with Gasteiger partial charge in [0.1, 0.15) is 0 Å². The number of hydrogen-bond acceptors (Lipinski definition) is 7. The fourth-order valence-corrected chi connectivity index (χ4v) is 10.1. The van der Waals surface area contributed by atoms with Gasteiger partial charge in [-0.3, -0.25) is 0 Å². The fraction of sp³-hybridized carbons (Fsp3) is 0.562. The van der Waals surface area contributed by atoms with E-state index in [4.69, 9.17) is 18.3 Å². The average molecular weight is 402 g/mol. The Morgan fingerprint density at radius 3 is 2.58 bits per heavy atom. The second-order valence-corrected chi connectivity index (χ2v) is 12.9. The highest BCUT2D eigenvalue weighted by Crippen LogP contribution is 2.47. The van der Waals surface area contributed by atoms with Gasteiger partial charge < -0.3 is 13.3 Å². The number of rotatable bonds is 7. The van der Waals surface area contributed by atoms with Gasteiger partial charge in [-0.1, -0.05) is 29.3 Å². The van der Waals surface area contributed by atoms with Crippen molar-refractivity contribution >= 4 is 51.9 Å². The molecule has 8 heteroatoms. The standard InChI is InChI=1S/C16H23NO3S3Si/c1-18-24(19-2,20-3)13-8-6-7-12(11-13)22-23-16-17-14-9-4-5-10-15(14)21-16/h4-5,9-10,12-13H,6-8,11H2,1-3H3. The molecule has 1 fully saturated rings. The van der Waals surface area contributed by atoms with Gasteiger partial charge in [-0.2, -0.15) is 0 Å². The predicted molar refractivity (Wildman–Crippen MR) is 106 cm³/mol. The van der Waals surface area contributed by atoms with Crippen LogP contribution in [0.15, 0.2) is 28.6 Å². The molecule has 2 unspecified atom stereocenters. The first-order valence-electron chi connectivity index (χ1n) is 8.05. The Bertz CT molecular complexity index is 624. The largest absolute Gasteiger partial charge is 0.503 e. The maximum absolute atomic E-state index is 5.69. The van der Waals surface area contributed by atoms with Crippen molar-refractivity contribution in [3.63, 3.8) is 0 Å². The molecule has 1 aliphatic carbocycles. The summed E-state index contributed by atoms with van der Waals surface area (Å²) in [4.78, 5) is 4.71. The first kappa shape index (κ1) is 18.7. The Morgan fingerprint density at radius 1 is 1.12 bits per heavy atom. The molecule has 1 aromatic heterocycles. The summed E-state index contributed by atoms with van der Waals surface area (Å²) in [6.07, 6.45) is 4.66. The zero-order valence-electron chi connectivity index (χ0n) is 14.2. The third-order valence-corrected chi connectivity index (χ3v) is 12.0. The SMILES string of the molecule is CO[Si](OC)(OC)C1CCCC(SSc2nc3ccccc3s2)C1. The Labute approximate surface area is 156 Å². The molecule has 1 aromatic carbocycles. The molecule has 24 heavy (non-hydrogen) atoms. The molecule has 0 radical (unpaired) electrons. The second-order valence-electron chi connectivity index (χ2n) is 5.83. The predicted octanol–water partition coefficient (Wildman–Crippen LogP) is 5.23. The monoisotopic (exact) mass is 401 g/mol. The molecular formula is C16H23NO3S3Si. The number of hydrogen-bond donors (Lipinski definition) is 0. The third-order valence-electron chi connectivity index (χ3n) is 4.51. The molecule has 2 aromatic rings. The molecule has 1 aliphatic rings. The first-order valence-corrected chi connectivity index (χ1v) is 12.9. The van der Waals surface area contributed by atoms with E-state index in [2.05, 4.69) is 18.2 Å². The summed E-state index contributed by atoms with van der Waals surface area (Å²) >= 11 is 1.77.